The van der Waals surface area contributed by atoms with Gasteiger partial charge < -0.3 is 4.42 Å². The maximum atomic E-state index is 7.10. The smallest absolute Gasteiger partial charge is 0.164 e. The molecule has 4 heteroatoms. The van der Waals surface area contributed by atoms with Crippen LogP contribution in [0.4, 0.5) is 0 Å². The number of hydrogen-bond acceptors (Lipinski definition) is 4. The van der Waals surface area contributed by atoms with Crippen molar-refractivity contribution < 1.29 is 4.42 Å². The molecule has 0 radical (unpaired) electrons. The zero-order chi connectivity index (χ0) is 40.7. The summed E-state index contributed by atoms with van der Waals surface area (Å²) in [6, 6.07) is 65.0. The fourth-order valence-corrected chi connectivity index (χ4v) is 10.2. The summed E-state index contributed by atoms with van der Waals surface area (Å²) in [5.41, 5.74) is 19.1. The van der Waals surface area contributed by atoms with Gasteiger partial charge >= 0.3 is 0 Å². The molecule has 0 fully saturated rings. The predicted octanol–water partition coefficient (Wildman–Crippen LogP) is 14.5. The summed E-state index contributed by atoms with van der Waals surface area (Å²) < 4.78 is 7.10. The minimum atomic E-state index is -0.0331. The fraction of sp³-hybridized carbons (Fsp3) is 0.105. The van der Waals surface area contributed by atoms with Crippen LogP contribution in [-0.2, 0) is 11.8 Å². The highest BCUT2D eigenvalue weighted by atomic mass is 16.3. The Kier molecular flexibility index (Phi) is 8.05. The van der Waals surface area contributed by atoms with Gasteiger partial charge in [-0.15, -0.1) is 0 Å². The molecule has 1 atom stereocenters. The van der Waals surface area contributed by atoms with E-state index in [9.17, 15) is 0 Å². The minimum Gasteiger partial charge on any atom is -0.455 e. The molecule has 2 aliphatic rings. The second-order valence-electron chi connectivity index (χ2n) is 17.0. The van der Waals surface area contributed by atoms with E-state index in [2.05, 4.69) is 135 Å². The number of furan rings is 1. The van der Waals surface area contributed by atoms with Crippen molar-refractivity contribution in [2.24, 2.45) is 0 Å². The van der Waals surface area contributed by atoms with E-state index < -0.39 is 0 Å². The van der Waals surface area contributed by atoms with Crippen LogP contribution in [0.1, 0.15) is 54.0 Å². The number of nitrogens with zero attached hydrogens (tertiary/aromatic N) is 3. The molecule has 0 aliphatic heterocycles. The van der Waals surface area contributed by atoms with E-state index >= 15 is 0 Å². The maximum absolute atomic E-state index is 7.10. The van der Waals surface area contributed by atoms with Crippen LogP contribution >= 0.6 is 0 Å². The molecular formula is C57H41N3O. The Morgan fingerprint density at radius 3 is 1.67 bits per heavy atom. The lowest BCUT2D eigenvalue weighted by atomic mass is 9.81. The summed E-state index contributed by atoms with van der Waals surface area (Å²) >= 11 is 0. The molecule has 0 saturated heterocycles. The molecule has 0 amide bonds. The first-order valence-electron chi connectivity index (χ1n) is 21.3. The van der Waals surface area contributed by atoms with Gasteiger partial charge in [-0.05, 0) is 69.0 Å². The second-order valence-corrected chi connectivity index (χ2v) is 17.0. The summed E-state index contributed by atoms with van der Waals surface area (Å²) in [6.07, 6.45) is 1.99. The van der Waals surface area contributed by atoms with Gasteiger partial charge in [0.05, 0.1) is 0 Å². The molecule has 12 rings (SSSR count). The van der Waals surface area contributed by atoms with Gasteiger partial charge in [0.25, 0.3) is 0 Å². The number of benzene rings is 8. The zero-order valence-corrected chi connectivity index (χ0v) is 34.1. The Balaban J connectivity index is 0.936. The van der Waals surface area contributed by atoms with E-state index in [0.717, 1.165) is 62.6 Å². The first-order valence-corrected chi connectivity index (χ1v) is 21.3. The van der Waals surface area contributed by atoms with Gasteiger partial charge in [0, 0.05) is 49.9 Å². The molecule has 2 heterocycles. The lowest BCUT2D eigenvalue weighted by molar-refractivity contribution is 0.646. The Bertz CT molecular complexity index is 3270. The standard InChI is InChI=1S/C57H41N3O/c1-57(2)50-26-12-11-21-44(50)49-34-48-39(33-51(49)57)31-32-43(41-19-9-10-20-42(41)48)45-23-14-25-47-46-24-13-22-40(52(46)61-53(45)47)35-27-29-38(30-28-35)56-59-54(36-15-5-3-6-16-36)58-55(60-56)37-17-7-4-8-18-37/h3-30,33-34,43H,31-32H2,1-2H3. The van der Waals surface area contributed by atoms with Crippen molar-refractivity contribution in [3.63, 3.8) is 0 Å². The molecule has 0 N–H and O–H groups in total. The number of fused-ring (bicyclic) bond motifs is 9. The Hall–Kier alpha value is -7.43. The monoisotopic (exact) mass is 783 g/mol. The second kappa shape index (κ2) is 13.8. The largest absolute Gasteiger partial charge is 0.455 e. The van der Waals surface area contributed by atoms with E-state index in [0.29, 0.717) is 17.5 Å². The molecule has 8 aromatic carbocycles. The van der Waals surface area contributed by atoms with Crippen LogP contribution in [0.2, 0.25) is 0 Å². The highest BCUT2D eigenvalue weighted by Crippen LogP contribution is 2.53. The summed E-state index contributed by atoms with van der Waals surface area (Å²) in [4.78, 5) is 14.8. The van der Waals surface area contributed by atoms with Crippen molar-refractivity contribution in [1.82, 2.24) is 15.0 Å². The molecule has 4 nitrogen and oxygen atoms in total. The van der Waals surface area contributed by atoms with Crippen LogP contribution in [0.15, 0.2) is 186 Å². The average molecular weight is 784 g/mol. The minimum absolute atomic E-state index is 0.0331. The maximum Gasteiger partial charge on any atom is 0.164 e. The lowest BCUT2D eigenvalue weighted by Crippen LogP contribution is -2.15. The third-order valence-electron chi connectivity index (χ3n) is 13.2. The van der Waals surface area contributed by atoms with Gasteiger partial charge in [-0.1, -0.05) is 190 Å². The van der Waals surface area contributed by atoms with Gasteiger partial charge in [-0.2, -0.15) is 0 Å². The van der Waals surface area contributed by atoms with Gasteiger partial charge in [0.15, 0.2) is 17.5 Å². The van der Waals surface area contributed by atoms with E-state index in [1.807, 2.05) is 60.7 Å². The predicted molar refractivity (Wildman–Crippen MR) is 248 cm³/mol. The number of aryl methyl sites for hydroxylation is 1. The zero-order valence-electron chi connectivity index (χ0n) is 34.1. The molecular weight excluding hydrogens is 743 g/mol. The lowest BCUT2D eigenvalue weighted by Gasteiger charge is -2.22. The summed E-state index contributed by atoms with van der Waals surface area (Å²) in [7, 11) is 0. The van der Waals surface area contributed by atoms with Crippen LogP contribution in [0.5, 0.6) is 0 Å². The van der Waals surface area contributed by atoms with Crippen molar-refractivity contribution in [2.75, 3.05) is 0 Å². The van der Waals surface area contributed by atoms with Gasteiger partial charge in [-0.25, -0.2) is 15.0 Å². The van der Waals surface area contributed by atoms with E-state index in [1.54, 1.807) is 0 Å². The van der Waals surface area contributed by atoms with Crippen molar-refractivity contribution in [3.05, 3.63) is 210 Å². The molecule has 1 unspecified atom stereocenters. The van der Waals surface area contributed by atoms with Crippen molar-refractivity contribution in [3.8, 4) is 67.5 Å². The third-order valence-corrected chi connectivity index (χ3v) is 13.2. The Morgan fingerprint density at radius 1 is 0.426 bits per heavy atom. The third kappa shape index (κ3) is 5.70. The van der Waals surface area contributed by atoms with E-state index in [1.165, 1.54) is 50.1 Å². The van der Waals surface area contributed by atoms with Gasteiger partial charge in [0.1, 0.15) is 11.2 Å². The Labute approximate surface area is 355 Å². The summed E-state index contributed by atoms with van der Waals surface area (Å²) in [6.45, 7) is 4.75. The summed E-state index contributed by atoms with van der Waals surface area (Å²) in [5, 5.41) is 2.27. The Morgan fingerprint density at radius 2 is 0.967 bits per heavy atom. The first-order chi connectivity index (χ1) is 30.0. The van der Waals surface area contributed by atoms with Crippen molar-refractivity contribution in [2.45, 2.75) is 38.0 Å². The summed E-state index contributed by atoms with van der Waals surface area (Å²) in [5.74, 6) is 2.10. The van der Waals surface area contributed by atoms with Crippen LogP contribution in [-0.4, -0.2) is 15.0 Å². The van der Waals surface area contributed by atoms with Gasteiger partial charge in [0.2, 0.25) is 0 Å². The highest BCUT2D eigenvalue weighted by Gasteiger charge is 2.37. The normalized spacial score (nSPS) is 14.9. The van der Waals surface area contributed by atoms with Gasteiger partial charge in [-0.3, -0.25) is 0 Å². The van der Waals surface area contributed by atoms with Crippen LogP contribution in [0.25, 0.3) is 89.5 Å². The fourth-order valence-electron chi connectivity index (χ4n) is 10.2. The molecule has 10 aromatic rings. The van der Waals surface area contributed by atoms with E-state index in [4.69, 9.17) is 19.4 Å². The molecule has 0 saturated carbocycles. The molecule has 2 aromatic heterocycles. The SMILES string of the molecule is CC1(C)c2ccccc2-c2cc3c(cc21)CCC(c1cccc2c1oc1c(-c4ccc(-c5nc(-c6ccccc6)nc(-c6ccccc6)n5)cc4)cccc12)c1ccccc1-3. The molecule has 0 bridgehead atoms. The van der Waals surface area contributed by atoms with E-state index in [-0.39, 0.29) is 11.3 Å². The number of hydrogen-bond donors (Lipinski definition) is 0. The molecule has 0 spiro atoms. The molecule has 61 heavy (non-hydrogen) atoms. The van der Waals surface area contributed by atoms with Crippen molar-refractivity contribution >= 4 is 21.9 Å². The first kappa shape index (κ1) is 35.5. The quantitative estimate of drug-likeness (QED) is 0.174. The number of para-hydroxylation sites is 2. The highest BCUT2D eigenvalue weighted by molar-refractivity contribution is 6.10. The van der Waals surface area contributed by atoms with Crippen LogP contribution in [0, 0.1) is 0 Å². The molecule has 290 valence electrons. The van der Waals surface area contributed by atoms with Crippen molar-refractivity contribution in [1.29, 1.82) is 0 Å². The number of rotatable bonds is 5. The average Bonchev–Trinajstić information content (AvgIpc) is 3.75. The number of aromatic nitrogens is 3. The molecule has 2 aliphatic carbocycles. The van der Waals surface area contributed by atoms with Crippen LogP contribution < -0.4 is 0 Å². The van der Waals surface area contributed by atoms with Crippen LogP contribution in [0.3, 0.4) is 0 Å². The topological polar surface area (TPSA) is 51.8 Å².